The van der Waals surface area contributed by atoms with Crippen molar-refractivity contribution < 1.29 is 24.9 Å². The lowest BCUT2D eigenvalue weighted by atomic mass is 9.84. The van der Waals surface area contributed by atoms with Crippen LogP contribution in [0, 0.1) is 5.92 Å². The van der Waals surface area contributed by atoms with Crippen LogP contribution in [0.5, 0.6) is 0 Å². The Morgan fingerprint density at radius 2 is 1.74 bits per heavy atom. The van der Waals surface area contributed by atoms with Crippen molar-refractivity contribution in [3.63, 3.8) is 0 Å². The molecule has 1 aliphatic carbocycles. The molecule has 1 fully saturated rings. The van der Waals surface area contributed by atoms with Gasteiger partial charge < -0.3 is 20.6 Å². The summed E-state index contributed by atoms with van der Waals surface area (Å²) in [5, 5.41) is 11.7. The van der Waals surface area contributed by atoms with Crippen LogP contribution in [0.15, 0.2) is 0 Å². The van der Waals surface area contributed by atoms with E-state index in [-0.39, 0.29) is 11.4 Å². The molecule has 0 aromatic heterocycles. The molecule has 0 radical (unpaired) electrons. The third kappa shape index (κ3) is 6.42. The number of ether oxygens (including phenoxy) is 1. The molecule has 6 heteroatoms. The Kier molecular flexibility index (Phi) is 6.83. The first-order chi connectivity index (χ1) is 8.29. The van der Waals surface area contributed by atoms with Crippen LogP contribution in [0.25, 0.3) is 0 Å². The Morgan fingerprint density at radius 1 is 1.21 bits per heavy atom. The van der Waals surface area contributed by atoms with E-state index in [9.17, 15) is 14.7 Å². The molecule has 1 saturated carbocycles. The summed E-state index contributed by atoms with van der Waals surface area (Å²) in [5.41, 5.74) is -0.611. The van der Waals surface area contributed by atoms with Crippen LogP contribution < -0.4 is 5.32 Å². The summed E-state index contributed by atoms with van der Waals surface area (Å²) in [6.45, 7) is 5.26. The monoisotopic (exact) mass is 275 g/mol. The molecule has 0 heterocycles. The zero-order valence-corrected chi connectivity index (χ0v) is 11.9. The lowest BCUT2D eigenvalue weighted by Crippen LogP contribution is -2.48. The predicted octanol–water partition coefficient (Wildman–Crippen LogP) is 1.72. The highest BCUT2D eigenvalue weighted by Gasteiger charge is 2.32. The fraction of sp³-hybridized carbons (Fsp3) is 0.846. The minimum Gasteiger partial charge on any atom is -0.480 e. The van der Waals surface area contributed by atoms with Gasteiger partial charge in [-0.25, -0.2) is 9.59 Å². The summed E-state index contributed by atoms with van der Waals surface area (Å²) >= 11 is 0. The summed E-state index contributed by atoms with van der Waals surface area (Å²) in [7, 11) is 0. The Labute approximate surface area is 113 Å². The Bertz CT molecular complexity index is 305. The smallest absolute Gasteiger partial charge is 0.408 e. The molecule has 0 aliphatic heterocycles. The number of amides is 1. The fourth-order valence-corrected chi connectivity index (χ4v) is 2.28. The highest BCUT2D eigenvalue weighted by Crippen LogP contribution is 2.26. The maximum absolute atomic E-state index is 11.6. The number of carboxylic acid groups (broad SMARTS) is 1. The van der Waals surface area contributed by atoms with Gasteiger partial charge in [0.15, 0.2) is 0 Å². The largest absolute Gasteiger partial charge is 0.480 e. The van der Waals surface area contributed by atoms with Crippen LogP contribution >= 0.6 is 0 Å². The van der Waals surface area contributed by atoms with Crippen molar-refractivity contribution in [1.82, 2.24) is 5.32 Å². The molecule has 1 amide bonds. The van der Waals surface area contributed by atoms with Crippen molar-refractivity contribution in [1.29, 1.82) is 0 Å². The van der Waals surface area contributed by atoms with Gasteiger partial charge in [0.05, 0.1) is 0 Å². The van der Waals surface area contributed by atoms with Gasteiger partial charge in [-0.05, 0) is 39.5 Å². The molecule has 0 saturated heterocycles. The van der Waals surface area contributed by atoms with E-state index >= 15 is 0 Å². The molecule has 1 rings (SSSR count). The molecule has 0 aromatic carbocycles. The Balaban J connectivity index is 0.00000324. The van der Waals surface area contributed by atoms with Gasteiger partial charge in [0, 0.05) is 0 Å². The van der Waals surface area contributed by atoms with Crippen LogP contribution in [-0.4, -0.2) is 34.3 Å². The first-order valence-electron chi connectivity index (χ1n) is 6.52. The van der Waals surface area contributed by atoms with Crippen molar-refractivity contribution in [3.8, 4) is 0 Å². The summed E-state index contributed by atoms with van der Waals surface area (Å²) in [5.74, 6) is -0.962. The number of carbonyl (C=O) groups is 2. The summed E-state index contributed by atoms with van der Waals surface area (Å²) in [4.78, 5) is 22.8. The number of hydrogen-bond acceptors (Lipinski definition) is 3. The molecule has 1 aliphatic rings. The van der Waals surface area contributed by atoms with E-state index in [2.05, 4.69) is 5.32 Å². The van der Waals surface area contributed by atoms with Crippen LogP contribution in [-0.2, 0) is 9.53 Å². The summed E-state index contributed by atoms with van der Waals surface area (Å²) in [6, 6.07) is -0.833. The Hall–Kier alpha value is -1.30. The molecule has 4 N–H and O–H groups in total. The highest BCUT2D eigenvalue weighted by atomic mass is 16.6. The van der Waals surface area contributed by atoms with E-state index < -0.39 is 23.7 Å². The number of carbonyl (C=O) groups excluding carboxylic acids is 1. The number of rotatable bonds is 3. The van der Waals surface area contributed by atoms with Crippen molar-refractivity contribution >= 4 is 12.1 Å². The Morgan fingerprint density at radius 3 is 2.16 bits per heavy atom. The van der Waals surface area contributed by atoms with E-state index in [1.807, 2.05) is 0 Å². The van der Waals surface area contributed by atoms with Crippen molar-refractivity contribution in [2.75, 3.05) is 0 Å². The molecular formula is C13H25NO5. The van der Waals surface area contributed by atoms with Crippen LogP contribution in [0.2, 0.25) is 0 Å². The van der Waals surface area contributed by atoms with Gasteiger partial charge in [-0.3, -0.25) is 0 Å². The quantitative estimate of drug-likeness (QED) is 0.817. The second-order valence-corrected chi connectivity index (χ2v) is 5.86. The lowest BCUT2D eigenvalue weighted by molar-refractivity contribution is -0.141. The van der Waals surface area contributed by atoms with Crippen LogP contribution in [0.1, 0.15) is 52.9 Å². The van der Waals surface area contributed by atoms with Gasteiger partial charge in [0.25, 0.3) is 0 Å². The van der Waals surface area contributed by atoms with Crippen molar-refractivity contribution in [2.45, 2.75) is 64.5 Å². The average molecular weight is 275 g/mol. The lowest BCUT2D eigenvalue weighted by Gasteiger charge is -2.29. The molecule has 1 atom stereocenters. The van der Waals surface area contributed by atoms with Gasteiger partial charge in [0.1, 0.15) is 11.6 Å². The number of aliphatic carboxylic acids is 1. The predicted molar refractivity (Wildman–Crippen MR) is 71.0 cm³/mol. The van der Waals surface area contributed by atoms with Crippen LogP contribution in [0.4, 0.5) is 4.79 Å². The summed E-state index contributed by atoms with van der Waals surface area (Å²) < 4.78 is 5.10. The number of carboxylic acids is 1. The molecule has 0 bridgehead atoms. The molecule has 6 nitrogen and oxygen atoms in total. The van der Waals surface area contributed by atoms with E-state index in [0.29, 0.717) is 0 Å². The van der Waals surface area contributed by atoms with Gasteiger partial charge in [-0.1, -0.05) is 19.3 Å². The van der Waals surface area contributed by atoms with E-state index in [1.54, 1.807) is 20.8 Å². The second kappa shape index (κ2) is 7.33. The van der Waals surface area contributed by atoms with Gasteiger partial charge >= 0.3 is 12.1 Å². The zero-order chi connectivity index (χ0) is 13.8. The van der Waals surface area contributed by atoms with E-state index in [1.165, 1.54) is 0 Å². The maximum atomic E-state index is 11.6. The SMILES string of the molecule is CC(C)(C)OC(=O)N[C@H](C(=O)O)C1CCCCC1.O. The fourth-order valence-electron chi connectivity index (χ4n) is 2.28. The first kappa shape index (κ1) is 17.7. The number of hydrogen-bond donors (Lipinski definition) is 2. The molecule has 0 spiro atoms. The van der Waals surface area contributed by atoms with E-state index in [0.717, 1.165) is 32.1 Å². The molecule has 112 valence electrons. The molecular weight excluding hydrogens is 250 g/mol. The maximum Gasteiger partial charge on any atom is 0.408 e. The normalized spacial score (nSPS) is 18.1. The van der Waals surface area contributed by atoms with Gasteiger partial charge in [-0.2, -0.15) is 0 Å². The standard InChI is InChI=1S/C13H23NO4.H2O/c1-13(2,3)18-12(17)14-10(11(15)16)9-7-5-4-6-8-9;/h9-10H,4-8H2,1-3H3,(H,14,17)(H,15,16);1H2/t10-;/m0./s1. The van der Waals surface area contributed by atoms with E-state index in [4.69, 9.17) is 4.74 Å². The zero-order valence-electron chi connectivity index (χ0n) is 11.9. The topological polar surface area (TPSA) is 107 Å². The van der Waals surface area contributed by atoms with Crippen LogP contribution in [0.3, 0.4) is 0 Å². The van der Waals surface area contributed by atoms with Gasteiger partial charge in [-0.15, -0.1) is 0 Å². The van der Waals surface area contributed by atoms with Gasteiger partial charge in [0.2, 0.25) is 0 Å². The second-order valence-electron chi connectivity index (χ2n) is 5.86. The minimum atomic E-state index is -0.979. The summed E-state index contributed by atoms with van der Waals surface area (Å²) in [6.07, 6.45) is 4.27. The molecule has 0 unspecified atom stereocenters. The molecule has 0 aromatic rings. The third-order valence-corrected chi connectivity index (χ3v) is 3.06. The number of alkyl carbamates (subject to hydrolysis) is 1. The first-order valence-corrected chi connectivity index (χ1v) is 6.52. The van der Waals surface area contributed by atoms with Crippen molar-refractivity contribution in [3.05, 3.63) is 0 Å². The molecule has 19 heavy (non-hydrogen) atoms. The number of nitrogens with one attached hydrogen (secondary N) is 1. The van der Waals surface area contributed by atoms with Crippen molar-refractivity contribution in [2.24, 2.45) is 5.92 Å². The third-order valence-electron chi connectivity index (χ3n) is 3.06. The highest BCUT2D eigenvalue weighted by molar-refractivity contribution is 5.80. The average Bonchev–Trinajstić information content (AvgIpc) is 2.24. The minimum absolute atomic E-state index is 0.